The van der Waals surface area contributed by atoms with Crippen molar-refractivity contribution in [2.45, 2.75) is 31.7 Å². The van der Waals surface area contributed by atoms with E-state index >= 15 is 0 Å². The number of piperidine rings is 1. The zero-order valence-electron chi connectivity index (χ0n) is 14.6. The van der Waals surface area contributed by atoms with E-state index in [2.05, 4.69) is 14.9 Å². The lowest BCUT2D eigenvalue weighted by Gasteiger charge is -2.32. The second-order valence-corrected chi connectivity index (χ2v) is 6.60. The van der Waals surface area contributed by atoms with Crippen molar-refractivity contribution in [3.63, 3.8) is 0 Å². The van der Waals surface area contributed by atoms with Gasteiger partial charge in [-0.25, -0.2) is 9.97 Å². The van der Waals surface area contributed by atoms with Gasteiger partial charge in [0.15, 0.2) is 0 Å². The average molecular weight is 376 g/mol. The molecule has 3 heterocycles. The molecule has 27 heavy (non-hydrogen) atoms. The molecule has 2 aromatic heterocycles. The molecule has 1 saturated heterocycles. The van der Waals surface area contributed by atoms with Gasteiger partial charge < -0.3 is 14.2 Å². The van der Waals surface area contributed by atoms with Gasteiger partial charge in [-0.2, -0.15) is 13.2 Å². The van der Waals surface area contributed by atoms with Crippen molar-refractivity contribution < 1.29 is 17.9 Å². The molecule has 5 nitrogen and oxygen atoms in total. The second kappa shape index (κ2) is 7.09. The summed E-state index contributed by atoms with van der Waals surface area (Å²) in [6.07, 6.45) is 2.27. The summed E-state index contributed by atoms with van der Waals surface area (Å²) in [4.78, 5) is 10.6. The highest BCUT2D eigenvalue weighted by Crippen LogP contribution is 2.31. The van der Waals surface area contributed by atoms with Gasteiger partial charge in [-0.15, -0.1) is 0 Å². The fourth-order valence-electron chi connectivity index (χ4n) is 3.44. The Kier molecular flexibility index (Phi) is 4.63. The molecule has 3 aromatic rings. The number of benzene rings is 1. The highest BCUT2D eigenvalue weighted by molar-refractivity contribution is 5.86. The van der Waals surface area contributed by atoms with Gasteiger partial charge in [-0.1, -0.05) is 6.07 Å². The third kappa shape index (κ3) is 3.99. The first kappa shape index (κ1) is 17.6. The summed E-state index contributed by atoms with van der Waals surface area (Å²) >= 11 is 0. The molecule has 1 aromatic carbocycles. The normalized spacial score (nSPS) is 16.0. The Morgan fingerprint density at radius 2 is 1.78 bits per heavy atom. The summed E-state index contributed by atoms with van der Waals surface area (Å²) < 4.78 is 45.5. The Morgan fingerprint density at radius 1 is 1.04 bits per heavy atom. The van der Waals surface area contributed by atoms with E-state index in [0.29, 0.717) is 22.6 Å². The van der Waals surface area contributed by atoms with Crippen LogP contribution in [0, 0.1) is 0 Å². The van der Waals surface area contributed by atoms with Crippen LogP contribution in [0.2, 0.25) is 0 Å². The molecule has 0 radical (unpaired) electrons. The van der Waals surface area contributed by atoms with E-state index in [4.69, 9.17) is 4.74 Å². The van der Waals surface area contributed by atoms with Gasteiger partial charge in [0.25, 0.3) is 0 Å². The average Bonchev–Trinajstić information content (AvgIpc) is 3.05. The van der Waals surface area contributed by atoms with E-state index in [0.717, 1.165) is 25.9 Å². The number of hydrogen-bond acceptors (Lipinski definition) is 4. The molecule has 0 aliphatic carbocycles. The number of nitrogens with zero attached hydrogens (tertiary/aromatic N) is 4. The van der Waals surface area contributed by atoms with E-state index in [-0.39, 0.29) is 6.10 Å². The molecule has 1 aliphatic rings. The van der Waals surface area contributed by atoms with Gasteiger partial charge in [-0.3, -0.25) is 0 Å². The third-order valence-electron chi connectivity index (χ3n) is 4.69. The molecule has 142 valence electrons. The zero-order valence-corrected chi connectivity index (χ0v) is 14.6. The van der Waals surface area contributed by atoms with E-state index in [1.807, 2.05) is 6.07 Å². The molecule has 0 bridgehead atoms. The van der Waals surface area contributed by atoms with Crippen LogP contribution < -0.4 is 9.64 Å². The molecule has 0 spiro atoms. The molecule has 4 rings (SSSR count). The van der Waals surface area contributed by atoms with Gasteiger partial charge in [-0.05, 0) is 24.3 Å². The molecule has 0 saturated carbocycles. The van der Waals surface area contributed by atoms with Gasteiger partial charge >= 0.3 is 6.18 Å². The lowest BCUT2D eigenvalue weighted by Crippen LogP contribution is -2.39. The van der Waals surface area contributed by atoms with Gasteiger partial charge in [0.05, 0.1) is 5.52 Å². The predicted octanol–water partition coefficient (Wildman–Crippen LogP) is 4.04. The van der Waals surface area contributed by atoms with Crippen molar-refractivity contribution >= 4 is 16.9 Å². The summed E-state index contributed by atoms with van der Waals surface area (Å²) in [5.41, 5.74) is 0.528. The molecule has 0 unspecified atom stereocenters. The van der Waals surface area contributed by atoms with Crippen LogP contribution in [0.15, 0.2) is 48.9 Å². The van der Waals surface area contributed by atoms with E-state index in [1.165, 1.54) is 10.8 Å². The van der Waals surface area contributed by atoms with Crippen LogP contribution in [0.4, 0.5) is 19.1 Å². The first-order chi connectivity index (χ1) is 13.0. The van der Waals surface area contributed by atoms with E-state index < -0.39 is 12.7 Å². The number of fused-ring (bicyclic) bond motifs is 1. The van der Waals surface area contributed by atoms with Crippen LogP contribution in [0.25, 0.3) is 10.9 Å². The quantitative estimate of drug-likeness (QED) is 0.689. The maximum absolute atomic E-state index is 12.7. The molecule has 0 amide bonds. The van der Waals surface area contributed by atoms with Crippen molar-refractivity contribution in [1.82, 2.24) is 14.5 Å². The highest BCUT2D eigenvalue weighted by Gasteiger charge is 2.29. The summed E-state index contributed by atoms with van der Waals surface area (Å²) in [5.74, 6) is 1.34. The van der Waals surface area contributed by atoms with Crippen LogP contribution in [0.1, 0.15) is 12.8 Å². The topological polar surface area (TPSA) is 43.2 Å². The predicted molar refractivity (Wildman–Crippen MR) is 95.9 cm³/mol. The van der Waals surface area contributed by atoms with Crippen molar-refractivity contribution in [3.8, 4) is 5.75 Å². The summed E-state index contributed by atoms with van der Waals surface area (Å²) in [7, 11) is 0. The third-order valence-corrected chi connectivity index (χ3v) is 4.69. The molecular formula is C19H19F3N4O. The van der Waals surface area contributed by atoms with E-state index in [1.54, 1.807) is 36.7 Å². The van der Waals surface area contributed by atoms with Crippen molar-refractivity contribution in [3.05, 3.63) is 48.9 Å². The molecular weight excluding hydrogens is 357 g/mol. The van der Waals surface area contributed by atoms with Crippen LogP contribution in [-0.2, 0) is 6.54 Å². The number of rotatable bonds is 4. The number of hydrogen-bond donors (Lipinski definition) is 0. The molecule has 0 N–H and O–H groups in total. The fraction of sp³-hybridized carbons (Fsp3) is 0.368. The van der Waals surface area contributed by atoms with Gasteiger partial charge in [0.2, 0.25) is 5.95 Å². The zero-order chi connectivity index (χ0) is 18.9. The maximum Gasteiger partial charge on any atom is 0.406 e. The van der Waals surface area contributed by atoms with Crippen molar-refractivity contribution in [2.24, 2.45) is 0 Å². The summed E-state index contributed by atoms with van der Waals surface area (Å²) in [6.45, 7) is 0.550. The lowest BCUT2D eigenvalue weighted by atomic mass is 10.1. The largest absolute Gasteiger partial charge is 0.490 e. The minimum Gasteiger partial charge on any atom is -0.490 e. The molecule has 1 fully saturated rings. The van der Waals surface area contributed by atoms with Crippen molar-refractivity contribution in [2.75, 3.05) is 18.0 Å². The standard InChI is InChI=1S/C19H19F3N4O/c20-19(21,22)13-26-12-7-15-16(26)3-1-4-17(15)27-14-5-10-25(11-6-14)18-23-8-2-9-24-18/h1-4,7-9,12,14H,5-6,10-11,13H2. The number of alkyl halides is 3. The van der Waals surface area contributed by atoms with Crippen LogP contribution in [0.3, 0.4) is 0 Å². The van der Waals surface area contributed by atoms with Crippen LogP contribution >= 0.6 is 0 Å². The Hall–Kier alpha value is -2.77. The summed E-state index contributed by atoms with van der Waals surface area (Å²) in [6, 6.07) is 8.70. The van der Waals surface area contributed by atoms with Gasteiger partial charge in [0.1, 0.15) is 18.4 Å². The molecule has 1 aliphatic heterocycles. The Morgan fingerprint density at radius 3 is 2.48 bits per heavy atom. The first-order valence-electron chi connectivity index (χ1n) is 8.83. The Bertz CT molecular complexity index is 902. The number of anilines is 1. The molecule has 0 atom stereocenters. The van der Waals surface area contributed by atoms with E-state index in [9.17, 15) is 13.2 Å². The number of ether oxygens (including phenoxy) is 1. The number of halogens is 3. The Labute approximate surface area is 154 Å². The lowest BCUT2D eigenvalue weighted by molar-refractivity contribution is -0.139. The first-order valence-corrected chi connectivity index (χ1v) is 8.83. The van der Waals surface area contributed by atoms with Crippen LogP contribution in [-0.4, -0.2) is 39.9 Å². The maximum atomic E-state index is 12.7. The monoisotopic (exact) mass is 376 g/mol. The smallest absolute Gasteiger partial charge is 0.406 e. The second-order valence-electron chi connectivity index (χ2n) is 6.60. The van der Waals surface area contributed by atoms with Crippen molar-refractivity contribution in [1.29, 1.82) is 0 Å². The van der Waals surface area contributed by atoms with Gasteiger partial charge in [0, 0.05) is 49.9 Å². The Balaban J connectivity index is 1.45. The minimum absolute atomic E-state index is 0.0153. The number of aromatic nitrogens is 3. The summed E-state index contributed by atoms with van der Waals surface area (Å²) in [5, 5.41) is 0.704. The fourth-order valence-corrected chi connectivity index (χ4v) is 3.44. The minimum atomic E-state index is -4.25. The highest BCUT2D eigenvalue weighted by atomic mass is 19.4. The van der Waals surface area contributed by atoms with Crippen LogP contribution in [0.5, 0.6) is 5.75 Å². The molecule has 8 heteroatoms. The SMILES string of the molecule is FC(F)(F)Cn1ccc2c(OC3CCN(c4ncccn4)CC3)cccc21.